The fourth-order valence-corrected chi connectivity index (χ4v) is 2.42. The molecule has 1 aliphatic rings. The Balaban J connectivity index is 1.71. The Morgan fingerprint density at radius 1 is 1.13 bits per heavy atom. The van der Waals surface area contributed by atoms with Gasteiger partial charge in [-0.3, -0.25) is 4.79 Å². The first kappa shape index (κ1) is 15.3. The second kappa shape index (κ2) is 5.91. The van der Waals surface area contributed by atoms with Crippen molar-refractivity contribution in [2.75, 3.05) is 6.79 Å². The average molecular weight is 315 g/mol. The summed E-state index contributed by atoms with van der Waals surface area (Å²) in [5.41, 5.74) is 0.973. The molecule has 4 nitrogen and oxygen atoms in total. The molecule has 1 heterocycles. The predicted molar refractivity (Wildman–Crippen MR) is 83.8 cm³/mol. The van der Waals surface area contributed by atoms with Crippen LogP contribution in [-0.4, -0.2) is 12.7 Å². The van der Waals surface area contributed by atoms with E-state index in [1.54, 1.807) is 12.1 Å². The maximum absolute atomic E-state index is 12.9. The minimum absolute atomic E-state index is 0.110. The summed E-state index contributed by atoms with van der Waals surface area (Å²) < 4.78 is 23.5. The van der Waals surface area contributed by atoms with Gasteiger partial charge in [-0.2, -0.15) is 0 Å². The van der Waals surface area contributed by atoms with Crippen LogP contribution >= 0.6 is 0 Å². The number of carbonyl (C=O) groups is 1. The van der Waals surface area contributed by atoms with Gasteiger partial charge in [-0.05, 0) is 49.2 Å². The zero-order chi connectivity index (χ0) is 16.4. The molecule has 2 aromatic carbocycles. The summed E-state index contributed by atoms with van der Waals surface area (Å²) in [5.74, 6) is 0.944. The number of hydrogen-bond acceptors (Lipinski definition) is 3. The van der Waals surface area contributed by atoms with E-state index in [0.29, 0.717) is 18.0 Å². The van der Waals surface area contributed by atoms with Gasteiger partial charge in [0.25, 0.3) is 0 Å². The summed E-state index contributed by atoms with van der Waals surface area (Å²) in [5, 5.41) is 2.89. The van der Waals surface area contributed by atoms with E-state index >= 15 is 0 Å². The molecular weight excluding hydrogens is 297 g/mol. The van der Waals surface area contributed by atoms with Crippen molar-refractivity contribution in [3.63, 3.8) is 0 Å². The molecule has 0 aromatic heterocycles. The highest BCUT2D eigenvalue weighted by Gasteiger charge is 2.31. The van der Waals surface area contributed by atoms with Crippen molar-refractivity contribution < 1.29 is 18.7 Å². The smallest absolute Gasteiger partial charge is 0.231 e. The fraction of sp³-hybridized carbons (Fsp3) is 0.278. The van der Waals surface area contributed by atoms with Crippen LogP contribution in [-0.2, 0) is 16.8 Å². The summed E-state index contributed by atoms with van der Waals surface area (Å²) in [6, 6.07) is 11.6. The first-order valence-electron chi connectivity index (χ1n) is 7.40. The van der Waals surface area contributed by atoms with E-state index in [1.165, 1.54) is 12.1 Å². The van der Waals surface area contributed by atoms with Crippen LogP contribution in [0.15, 0.2) is 42.5 Å². The van der Waals surface area contributed by atoms with E-state index in [4.69, 9.17) is 9.47 Å². The number of ether oxygens (including phenoxy) is 2. The molecule has 0 saturated heterocycles. The number of nitrogens with one attached hydrogen (secondary N) is 1. The number of hydrogen-bond donors (Lipinski definition) is 1. The van der Waals surface area contributed by atoms with Crippen molar-refractivity contribution >= 4 is 5.91 Å². The van der Waals surface area contributed by atoms with Crippen molar-refractivity contribution in [2.45, 2.75) is 25.8 Å². The third-order valence-corrected chi connectivity index (χ3v) is 4.03. The Labute approximate surface area is 134 Å². The summed E-state index contributed by atoms with van der Waals surface area (Å²) >= 11 is 0. The molecule has 0 bridgehead atoms. The Morgan fingerprint density at radius 3 is 2.57 bits per heavy atom. The van der Waals surface area contributed by atoms with Crippen molar-refractivity contribution in [3.05, 3.63) is 59.4 Å². The van der Waals surface area contributed by atoms with Crippen molar-refractivity contribution in [1.82, 2.24) is 5.32 Å². The average Bonchev–Trinajstić information content (AvgIpc) is 3.01. The van der Waals surface area contributed by atoms with Crippen LogP contribution in [0.3, 0.4) is 0 Å². The Bertz CT molecular complexity index is 726. The molecule has 0 fully saturated rings. The summed E-state index contributed by atoms with van der Waals surface area (Å²) in [6.45, 7) is 4.26. The molecule has 0 saturated carbocycles. The monoisotopic (exact) mass is 315 g/mol. The molecule has 5 heteroatoms. The van der Waals surface area contributed by atoms with E-state index < -0.39 is 5.41 Å². The van der Waals surface area contributed by atoms with Gasteiger partial charge in [0.05, 0.1) is 5.41 Å². The van der Waals surface area contributed by atoms with E-state index in [9.17, 15) is 9.18 Å². The Morgan fingerprint density at radius 2 is 1.83 bits per heavy atom. The molecule has 1 aliphatic heterocycles. The molecule has 0 radical (unpaired) electrons. The van der Waals surface area contributed by atoms with Crippen molar-refractivity contribution in [2.24, 2.45) is 0 Å². The second-order valence-corrected chi connectivity index (χ2v) is 6.00. The minimum Gasteiger partial charge on any atom is -0.454 e. The molecule has 0 unspecified atom stereocenters. The lowest BCUT2D eigenvalue weighted by atomic mass is 9.83. The third kappa shape index (κ3) is 3.13. The van der Waals surface area contributed by atoms with Crippen LogP contribution in [0.5, 0.6) is 11.5 Å². The zero-order valence-corrected chi connectivity index (χ0v) is 13.1. The Hall–Kier alpha value is -2.56. The predicted octanol–water partition coefficient (Wildman–Crippen LogP) is 3.15. The topological polar surface area (TPSA) is 47.6 Å². The number of fused-ring (bicyclic) bond motifs is 1. The van der Waals surface area contributed by atoms with Gasteiger partial charge in [0.1, 0.15) is 5.82 Å². The first-order chi connectivity index (χ1) is 11.0. The van der Waals surface area contributed by atoms with Crippen molar-refractivity contribution in [1.29, 1.82) is 0 Å². The molecule has 0 atom stereocenters. The molecule has 1 amide bonds. The summed E-state index contributed by atoms with van der Waals surface area (Å²) in [6.07, 6.45) is 0. The second-order valence-electron chi connectivity index (χ2n) is 6.00. The SMILES string of the molecule is CC(C)(C(=O)NCc1ccc(F)cc1)c1ccc2c(c1)OCO2. The van der Waals surface area contributed by atoms with Gasteiger partial charge in [-0.15, -0.1) is 0 Å². The quantitative estimate of drug-likeness (QED) is 0.943. The minimum atomic E-state index is -0.721. The number of amides is 1. The van der Waals surface area contributed by atoms with Crippen LogP contribution < -0.4 is 14.8 Å². The van der Waals surface area contributed by atoms with Crippen molar-refractivity contribution in [3.8, 4) is 11.5 Å². The van der Waals surface area contributed by atoms with Gasteiger partial charge in [0.2, 0.25) is 12.7 Å². The first-order valence-corrected chi connectivity index (χ1v) is 7.40. The van der Waals surface area contributed by atoms with Gasteiger partial charge in [0.15, 0.2) is 11.5 Å². The third-order valence-electron chi connectivity index (χ3n) is 4.03. The highest BCUT2D eigenvalue weighted by atomic mass is 19.1. The molecular formula is C18H18FNO3. The highest BCUT2D eigenvalue weighted by molar-refractivity contribution is 5.87. The largest absolute Gasteiger partial charge is 0.454 e. The fourth-order valence-electron chi connectivity index (χ4n) is 2.42. The Kier molecular flexibility index (Phi) is 3.94. The lowest BCUT2D eigenvalue weighted by Gasteiger charge is -2.24. The van der Waals surface area contributed by atoms with Crippen LogP contribution in [0.4, 0.5) is 4.39 Å². The van der Waals surface area contributed by atoms with Crippen LogP contribution in [0.1, 0.15) is 25.0 Å². The lowest BCUT2D eigenvalue weighted by Crippen LogP contribution is -2.39. The van der Waals surface area contributed by atoms with E-state index in [-0.39, 0.29) is 18.5 Å². The molecule has 120 valence electrons. The zero-order valence-electron chi connectivity index (χ0n) is 13.1. The molecule has 3 rings (SSSR count). The lowest BCUT2D eigenvalue weighted by molar-refractivity contribution is -0.125. The van der Waals surface area contributed by atoms with E-state index in [1.807, 2.05) is 32.0 Å². The summed E-state index contributed by atoms with van der Waals surface area (Å²) in [7, 11) is 0. The van der Waals surface area contributed by atoms with Crippen LogP contribution in [0, 0.1) is 5.82 Å². The maximum Gasteiger partial charge on any atom is 0.231 e. The normalized spacial score (nSPS) is 13.0. The van der Waals surface area contributed by atoms with Crippen LogP contribution in [0.25, 0.3) is 0 Å². The van der Waals surface area contributed by atoms with Crippen LogP contribution in [0.2, 0.25) is 0 Å². The maximum atomic E-state index is 12.9. The number of carbonyl (C=O) groups excluding carboxylic acids is 1. The van der Waals surface area contributed by atoms with Gasteiger partial charge in [-0.1, -0.05) is 18.2 Å². The van der Waals surface area contributed by atoms with Gasteiger partial charge in [0, 0.05) is 6.54 Å². The number of rotatable bonds is 4. The highest BCUT2D eigenvalue weighted by Crippen LogP contribution is 2.36. The van der Waals surface area contributed by atoms with E-state index in [2.05, 4.69) is 5.32 Å². The van der Waals surface area contributed by atoms with Gasteiger partial charge < -0.3 is 14.8 Å². The van der Waals surface area contributed by atoms with Gasteiger partial charge >= 0.3 is 0 Å². The number of halogens is 1. The standard InChI is InChI=1S/C18H18FNO3/c1-18(2,13-5-8-15-16(9-13)23-11-22-15)17(21)20-10-12-3-6-14(19)7-4-12/h3-9H,10-11H2,1-2H3,(H,20,21). The van der Waals surface area contributed by atoms with E-state index in [0.717, 1.165) is 11.1 Å². The molecule has 2 aromatic rings. The van der Waals surface area contributed by atoms with Gasteiger partial charge in [-0.25, -0.2) is 4.39 Å². The molecule has 0 aliphatic carbocycles. The molecule has 0 spiro atoms. The molecule has 23 heavy (non-hydrogen) atoms. The molecule has 1 N–H and O–H groups in total. The number of benzene rings is 2. The summed E-state index contributed by atoms with van der Waals surface area (Å²) in [4.78, 5) is 12.5.